The van der Waals surface area contributed by atoms with Crippen LogP contribution in [0.25, 0.3) is 0 Å². The summed E-state index contributed by atoms with van der Waals surface area (Å²) in [4.78, 5) is 2.05. The first-order chi connectivity index (χ1) is 14.2. The Morgan fingerprint density at radius 2 is 1.72 bits per heavy atom. The molecule has 0 bridgehead atoms. The molecule has 0 spiro atoms. The van der Waals surface area contributed by atoms with Gasteiger partial charge in [0.05, 0.1) is 19.4 Å². The van der Waals surface area contributed by atoms with Gasteiger partial charge in [-0.3, -0.25) is 4.90 Å². The summed E-state index contributed by atoms with van der Waals surface area (Å²) in [5.41, 5.74) is 1.02. The van der Waals surface area contributed by atoms with Crippen LogP contribution in [0.2, 0.25) is 0 Å². The van der Waals surface area contributed by atoms with Crippen molar-refractivity contribution in [1.29, 1.82) is 0 Å². The van der Waals surface area contributed by atoms with Gasteiger partial charge in [0.25, 0.3) is 0 Å². The summed E-state index contributed by atoms with van der Waals surface area (Å²) >= 11 is 0. The van der Waals surface area contributed by atoms with Gasteiger partial charge >= 0.3 is 0 Å². The summed E-state index contributed by atoms with van der Waals surface area (Å²) in [5.74, 6) is 1.29. The predicted molar refractivity (Wildman–Crippen MR) is 108 cm³/mol. The third-order valence-electron chi connectivity index (χ3n) is 4.36. The molecule has 1 atom stereocenters. The first kappa shape index (κ1) is 20.9. The smallest absolute Gasteiger partial charge is 0.165 e. The van der Waals surface area contributed by atoms with Gasteiger partial charge in [-0.05, 0) is 37.3 Å². The molecule has 3 aromatic rings. The molecule has 154 valence electrons. The van der Waals surface area contributed by atoms with Crippen molar-refractivity contribution in [2.24, 2.45) is 0 Å². The van der Waals surface area contributed by atoms with Crippen molar-refractivity contribution < 1.29 is 23.4 Å². The summed E-state index contributed by atoms with van der Waals surface area (Å²) in [6, 6.07) is 17.7. The summed E-state index contributed by atoms with van der Waals surface area (Å²) in [6.07, 6.45) is 0.822. The number of nitrogens with zero attached hydrogens (tertiary/aromatic N) is 1. The SMILES string of the molecule is CCOc1ccccc1CN(Cc1ccco1)CC(O)COc1ccccc1F. The highest BCUT2D eigenvalue weighted by atomic mass is 19.1. The number of hydrogen-bond acceptors (Lipinski definition) is 5. The lowest BCUT2D eigenvalue weighted by molar-refractivity contribution is 0.0589. The zero-order valence-corrected chi connectivity index (χ0v) is 16.5. The number of ether oxygens (including phenoxy) is 2. The lowest BCUT2D eigenvalue weighted by Gasteiger charge is -2.25. The largest absolute Gasteiger partial charge is 0.494 e. The standard InChI is InChI=1S/C23H26FNO4/c1-2-27-22-11-5-3-8-18(22)14-25(16-20-9-7-13-28-20)15-19(26)17-29-23-12-6-4-10-21(23)24/h3-13,19,26H,2,14-17H2,1H3. The van der Waals surface area contributed by atoms with Crippen molar-refractivity contribution in [2.75, 3.05) is 19.8 Å². The lowest BCUT2D eigenvalue weighted by Crippen LogP contribution is -2.35. The van der Waals surface area contributed by atoms with E-state index in [0.29, 0.717) is 26.2 Å². The Balaban J connectivity index is 1.66. The van der Waals surface area contributed by atoms with Crippen LogP contribution in [-0.2, 0) is 13.1 Å². The third kappa shape index (κ3) is 6.34. The fraction of sp³-hybridized carbons (Fsp3) is 0.304. The number of para-hydroxylation sites is 2. The van der Waals surface area contributed by atoms with Gasteiger partial charge in [-0.1, -0.05) is 30.3 Å². The van der Waals surface area contributed by atoms with Crippen LogP contribution in [-0.4, -0.2) is 35.9 Å². The van der Waals surface area contributed by atoms with E-state index in [4.69, 9.17) is 13.9 Å². The van der Waals surface area contributed by atoms with Crippen LogP contribution in [0, 0.1) is 5.82 Å². The molecule has 0 aliphatic rings. The first-order valence-electron chi connectivity index (χ1n) is 9.66. The Labute approximate surface area is 170 Å². The summed E-state index contributed by atoms with van der Waals surface area (Å²) in [6.45, 7) is 3.92. The number of benzene rings is 2. The normalized spacial score (nSPS) is 12.1. The highest BCUT2D eigenvalue weighted by Crippen LogP contribution is 2.21. The maximum absolute atomic E-state index is 13.7. The Kier molecular flexibility index (Phi) is 7.67. The average molecular weight is 399 g/mol. The summed E-state index contributed by atoms with van der Waals surface area (Å²) < 4.78 is 30.4. The van der Waals surface area contributed by atoms with E-state index in [2.05, 4.69) is 0 Å². The summed E-state index contributed by atoms with van der Waals surface area (Å²) in [5, 5.41) is 10.5. The number of aliphatic hydroxyl groups is 1. The number of rotatable bonds is 11. The van der Waals surface area contributed by atoms with Crippen molar-refractivity contribution >= 4 is 0 Å². The van der Waals surface area contributed by atoms with Crippen molar-refractivity contribution in [2.45, 2.75) is 26.1 Å². The molecule has 6 heteroatoms. The van der Waals surface area contributed by atoms with Crippen LogP contribution in [0.4, 0.5) is 4.39 Å². The Morgan fingerprint density at radius 1 is 0.966 bits per heavy atom. The Hall–Kier alpha value is -2.83. The maximum Gasteiger partial charge on any atom is 0.165 e. The van der Waals surface area contributed by atoms with Gasteiger partial charge in [0.1, 0.15) is 24.2 Å². The molecular formula is C23H26FNO4. The predicted octanol–water partition coefficient (Wildman–Crippen LogP) is 4.26. The Bertz CT molecular complexity index is 869. The molecule has 0 radical (unpaired) electrons. The lowest BCUT2D eigenvalue weighted by atomic mass is 10.1. The summed E-state index contributed by atoms with van der Waals surface area (Å²) in [7, 11) is 0. The molecule has 1 unspecified atom stereocenters. The molecule has 5 nitrogen and oxygen atoms in total. The average Bonchev–Trinajstić information content (AvgIpc) is 3.22. The van der Waals surface area contributed by atoms with Crippen molar-refractivity contribution in [1.82, 2.24) is 4.90 Å². The van der Waals surface area contributed by atoms with Crippen molar-refractivity contribution in [3.8, 4) is 11.5 Å². The van der Waals surface area contributed by atoms with Crippen LogP contribution >= 0.6 is 0 Å². The second kappa shape index (κ2) is 10.6. The van der Waals surface area contributed by atoms with Crippen molar-refractivity contribution in [3.05, 3.63) is 84.1 Å². The molecule has 2 aromatic carbocycles. The number of halogens is 1. The molecule has 3 rings (SSSR count). The van der Waals surface area contributed by atoms with E-state index in [-0.39, 0.29) is 12.4 Å². The van der Waals surface area contributed by atoms with Gasteiger partial charge in [0.15, 0.2) is 11.6 Å². The van der Waals surface area contributed by atoms with Crippen LogP contribution in [0.15, 0.2) is 71.3 Å². The van der Waals surface area contributed by atoms with E-state index >= 15 is 0 Å². The van der Waals surface area contributed by atoms with Crippen LogP contribution in [0.1, 0.15) is 18.2 Å². The highest BCUT2D eigenvalue weighted by molar-refractivity contribution is 5.33. The molecule has 29 heavy (non-hydrogen) atoms. The second-order valence-electron chi connectivity index (χ2n) is 6.68. The topological polar surface area (TPSA) is 55.1 Å². The fourth-order valence-electron chi connectivity index (χ4n) is 3.08. The zero-order chi connectivity index (χ0) is 20.5. The molecule has 0 saturated carbocycles. The van der Waals surface area contributed by atoms with Gasteiger partial charge in [-0.2, -0.15) is 0 Å². The van der Waals surface area contributed by atoms with Crippen LogP contribution in [0.5, 0.6) is 11.5 Å². The molecule has 0 aliphatic heterocycles. The van der Waals surface area contributed by atoms with E-state index in [1.165, 1.54) is 6.07 Å². The first-order valence-corrected chi connectivity index (χ1v) is 9.66. The molecular weight excluding hydrogens is 373 g/mol. The minimum absolute atomic E-state index is 0.0112. The van der Waals surface area contributed by atoms with Gasteiger partial charge in [-0.15, -0.1) is 0 Å². The maximum atomic E-state index is 13.7. The monoisotopic (exact) mass is 399 g/mol. The molecule has 0 aliphatic carbocycles. The number of aliphatic hydroxyl groups excluding tert-OH is 1. The van der Waals surface area contributed by atoms with Gasteiger partial charge in [0.2, 0.25) is 0 Å². The van der Waals surface area contributed by atoms with Gasteiger partial charge in [0, 0.05) is 18.7 Å². The third-order valence-corrected chi connectivity index (χ3v) is 4.36. The minimum Gasteiger partial charge on any atom is -0.494 e. The van der Waals surface area contributed by atoms with E-state index in [9.17, 15) is 9.50 Å². The van der Waals surface area contributed by atoms with E-state index < -0.39 is 11.9 Å². The van der Waals surface area contributed by atoms with Crippen molar-refractivity contribution in [3.63, 3.8) is 0 Å². The second-order valence-corrected chi connectivity index (χ2v) is 6.68. The molecule has 1 aromatic heterocycles. The van der Waals surface area contributed by atoms with Crippen LogP contribution < -0.4 is 9.47 Å². The molecule has 0 fully saturated rings. The Morgan fingerprint density at radius 3 is 2.45 bits per heavy atom. The molecule has 1 heterocycles. The van der Waals surface area contributed by atoms with Crippen LogP contribution in [0.3, 0.4) is 0 Å². The molecule has 0 saturated heterocycles. The van der Waals surface area contributed by atoms with Gasteiger partial charge in [-0.25, -0.2) is 4.39 Å². The number of hydrogen-bond donors (Lipinski definition) is 1. The highest BCUT2D eigenvalue weighted by Gasteiger charge is 2.17. The molecule has 1 N–H and O–H groups in total. The molecule has 0 amide bonds. The van der Waals surface area contributed by atoms with E-state index in [1.807, 2.05) is 48.2 Å². The minimum atomic E-state index is -0.802. The van der Waals surface area contributed by atoms with E-state index in [1.54, 1.807) is 24.5 Å². The quantitative estimate of drug-likeness (QED) is 0.522. The van der Waals surface area contributed by atoms with Gasteiger partial charge < -0.3 is 19.0 Å². The zero-order valence-electron chi connectivity index (χ0n) is 16.5. The fourth-order valence-corrected chi connectivity index (χ4v) is 3.08. The van der Waals surface area contributed by atoms with E-state index in [0.717, 1.165) is 17.1 Å². The number of furan rings is 1.